The van der Waals surface area contributed by atoms with Crippen LogP contribution in [0.3, 0.4) is 0 Å². The highest BCUT2D eigenvalue weighted by atomic mass is 16.5. The lowest BCUT2D eigenvalue weighted by molar-refractivity contribution is -0.143. The zero-order chi connectivity index (χ0) is 15.9. The maximum atomic E-state index is 12.3. The lowest BCUT2D eigenvalue weighted by Gasteiger charge is -2.29. The van der Waals surface area contributed by atoms with Crippen LogP contribution in [0.25, 0.3) is 0 Å². The zero-order valence-corrected chi connectivity index (χ0v) is 12.7. The van der Waals surface area contributed by atoms with E-state index < -0.39 is 5.92 Å². The first-order valence-electron chi connectivity index (χ1n) is 7.04. The Morgan fingerprint density at radius 3 is 2.59 bits per heavy atom. The van der Waals surface area contributed by atoms with E-state index in [0.717, 1.165) is 5.56 Å². The molecule has 0 fully saturated rings. The predicted octanol–water partition coefficient (Wildman–Crippen LogP) is 1.64. The third-order valence-electron chi connectivity index (χ3n) is 4.05. The Balaban J connectivity index is 2.28. The Morgan fingerprint density at radius 1 is 1.27 bits per heavy atom. The maximum Gasteiger partial charge on any atom is 0.346 e. The van der Waals surface area contributed by atoms with Crippen LogP contribution in [0.1, 0.15) is 29.8 Å². The Morgan fingerprint density at radius 2 is 1.95 bits per heavy atom. The van der Waals surface area contributed by atoms with Gasteiger partial charge in [0, 0.05) is 11.6 Å². The minimum absolute atomic E-state index is 0.295. The van der Waals surface area contributed by atoms with E-state index in [1.165, 1.54) is 11.8 Å². The molecular formula is C16H17N3O3. The number of rotatable bonds is 2. The van der Waals surface area contributed by atoms with Gasteiger partial charge in [-0.1, -0.05) is 30.3 Å². The monoisotopic (exact) mass is 299 g/mol. The molecule has 6 heteroatoms. The van der Waals surface area contributed by atoms with Crippen molar-refractivity contribution in [3.63, 3.8) is 0 Å². The van der Waals surface area contributed by atoms with E-state index in [2.05, 4.69) is 10.1 Å². The van der Waals surface area contributed by atoms with Gasteiger partial charge < -0.3 is 9.72 Å². The predicted molar refractivity (Wildman–Crippen MR) is 82.1 cm³/mol. The molecule has 3 rings (SSSR count). The SMILES string of the molecule is COC(=O)C1C(C)=Nn2c(c(C)[nH]c2=O)C1c1ccccc1. The number of aryl methyl sites for hydroxylation is 1. The summed E-state index contributed by atoms with van der Waals surface area (Å²) in [5.74, 6) is -1.19. The van der Waals surface area contributed by atoms with Crippen LogP contribution in [0, 0.1) is 12.8 Å². The van der Waals surface area contributed by atoms with Crippen LogP contribution in [-0.2, 0) is 9.53 Å². The van der Waals surface area contributed by atoms with Gasteiger partial charge in [-0.25, -0.2) is 4.79 Å². The molecule has 22 heavy (non-hydrogen) atoms. The average Bonchev–Trinajstić information content (AvgIpc) is 2.80. The van der Waals surface area contributed by atoms with Crippen LogP contribution in [0.4, 0.5) is 0 Å². The van der Waals surface area contributed by atoms with Gasteiger partial charge in [0.1, 0.15) is 5.92 Å². The number of ether oxygens (including phenoxy) is 1. The van der Waals surface area contributed by atoms with Crippen molar-refractivity contribution in [2.75, 3.05) is 7.11 Å². The topological polar surface area (TPSA) is 76.4 Å². The molecule has 1 aromatic carbocycles. The van der Waals surface area contributed by atoms with Crippen LogP contribution in [0.15, 0.2) is 40.2 Å². The molecule has 2 atom stereocenters. The van der Waals surface area contributed by atoms with Gasteiger partial charge in [-0.05, 0) is 19.4 Å². The number of hydrogen-bond donors (Lipinski definition) is 1. The standard InChI is InChI=1S/C16H17N3O3/c1-9-12(15(20)22-3)13(11-7-5-4-6-8-11)14-10(2)17-16(21)19(14)18-9/h4-8,12-13H,1-3H3,(H,17,21). The molecule has 2 heterocycles. The molecule has 0 bridgehead atoms. The Labute approximate surface area is 127 Å². The molecule has 0 saturated carbocycles. The minimum Gasteiger partial charge on any atom is -0.468 e. The normalized spacial score (nSPS) is 20.2. The Kier molecular flexibility index (Phi) is 3.44. The fourth-order valence-corrected chi connectivity index (χ4v) is 3.07. The first-order valence-corrected chi connectivity index (χ1v) is 7.04. The fraction of sp³-hybridized carbons (Fsp3) is 0.312. The molecule has 1 aliphatic rings. The molecule has 0 spiro atoms. The van der Waals surface area contributed by atoms with Crippen molar-refractivity contribution in [2.45, 2.75) is 19.8 Å². The number of methoxy groups -OCH3 is 1. The van der Waals surface area contributed by atoms with Gasteiger partial charge in [0.25, 0.3) is 0 Å². The van der Waals surface area contributed by atoms with Crippen LogP contribution >= 0.6 is 0 Å². The molecule has 114 valence electrons. The largest absolute Gasteiger partial charge is 0.468 e. The second-order valence-electron chi connectivity index (χ2n) is 5.38. The van der Waals surface area contributed by atoms with Gasteiger partial charge in [-0.15, -0.1) is 0 Å². The number of carbonyl (C=O) groups excluding carboxylic acids is 1. The molecule has 0 saturated heterocycles. The number of esters is 1. The number of aromatic nitrogens is 2. The summed E-state index contributed by atoms with van der Waals surface area (Å²) in [6.45, 7) is 3.56. The minimum atomic E-state index is -0.540. The molecule has 0 radical (unpaired) electrons. The summed E-state index contributed by atoms with van der Waals surface area (Å²) in [7, 11) is 1.36. The van der Waals surface area contributed by atoms with Gasteiger partial charge in [0.05, 0.1) is 18.5 Å². The van der Waals surface area contributed by atoms with Crippen LogP contribution in [-0.4, -0.2) is 28.5 Å². The van der Waals surface area contributed by atoms with E-state index in [4.69, 9.17) is 4.74 Å². The third kappa shape index (κ3) is 2.07. The van der Waals surface area contributed by atoms with E-state index in [1.54, 1.807) is 6.92 Å². The van der Waals surface area contributed by atoms with E-state index in [-0.39, 0.29) is 17.6 Å². The van der Waals surface area contributed by atoms with E-state index in [9.17, 15) is 9.59 Å². The molecule has 0 amide bonds. The highest BCUT2D eigenvalue weighted by molar-refractivity contribution is 6.02. The lowest BCUT2D eigenvalue weighted by atomic mass is 9.79. The average molecular weight is 299 g/mol. The summed E-state index contributed by atoms with van der Waals surface area (Å²) < 4.78 is 6.31. The summed E-state index contributed by atoms with van der Waals surface area (Å²) in [6, 6.07) is 9.63. The number of H-pyrrole nitrogens is 1. The first kappa shape index (κ1) is 14.3. The number of hydrogen-bond acceptors (Lipinski definition) is 4. The van der Waals surface area contributed by atoms with Gasteiger partial charge in [0.2, 0.25) is 0 Å². The smallest absolute Gasteiger partial charge is 0.346 e. The second kappa shape index (κ2) is 5.29. The van der Waals surface area contributed by atoms with Crippen LogP contribution < -0.4 is 5.69 Å². The molecule has 0 aliphatic carbocycles. The van der Waals surface area contributed by atoms with Gasteiger partial charge >= 0.3 is 11.7 Å². The number of nitrogens with zero attached hydrogens (tertiary/aromatic N) is 2. The molecule has 1 aliphatic heterocycles. The van der Waals surface area contributed by atoms with Gasteiger partial charge in [-0.3, -0.25) is 4.79 Å². The summed E-state index contributed by atoms with van der Waals surface area (Å²) in [5.41, 5.74) is 2.63. The van der Waals surface area contributed by atoms with Crippen molar-refractivity contribution in [1.29, 1.82) is 0 Å². The van der Waals surface area contributed by atoms with Crippen molar-refractivity contribution in [3.05, 3.63) is 57.8 Å². The number of nitrogens with one attached hydrogen (secondary N) is 1. The van der Waals surface area contributed by atoms with Gasteiger partial charge in [0.15, 0.2) is 0 Å². The van der Waals surface area contributed by atoms with E-state index in [1.807, 2.05) is 37.3 Å². The number of carbonyl (C=O) groups is 1. The summed E-state index contributed by atoms with van der Waals surface area (Å²) >= 11 is 0. The van der Waals surface area contributed by atoms with Crippen molar-refractivity contribution < 1.29 is 9.53 Å². The van der Waals surface area contributed by atoms with Crippen molar-refractivity contribution in [2.24, 2.45) is 11.0 Å². The summed E-state index contributed by atoms with van der Waals surface area (Å²) in [5, 5.41) is 4.28. The Bertz CT molecular complexity index is 802. The molecular weight excluding hydrogens is 282 g/mol. The molecule has 2 unspecified atom stereocenters. The number of fused-ring (bicyclic) bond motifs is 1. The number of benzene rings is 1. The quantitative estimate of drug-likeness (QED) is 0.857. The van der Waals surface area contributed by atoms with E-state index >= 15 is 0 Å². The highest BCUT2D eigenvalue weighted by Gasteiger charge is 2.40. The second-order valence-corrected chi connectivity index (χ2v) is 5.38. The van der Waals surface area contributed by atoms with Crippen LogP contribution in [0.2, 0.25) is 0 Å². The van der Waals surface area contributed by atoms with E-state index in [0.29, 0.717) is 17.1 Å². The fourth-order valence-electron chi connectivity index (χ4n) is 3.07. The highest BCUT2D eigenvalue weighted by Crippen LogP contribution is 2.37. The zero-order valence-electron chi connectivity index (χ0n) is 12.7. The maximum absolute atomic E-state index is 12.3. The number of imidazole rings is 1. The molecule has 1 N–H and O–H groups in total. The molecule has 6 nitrogen and oxygen atoms in total. The third-order valence-corrected chi connectivity index (χ3v) is 4.05. The molecule has 1 aromatic heterocycles. The Hall–Kier alpha value is -2.63. The summed E-state index contributed by atoms with van der Waals surface area (Å²) in [6.07, 6.45) is 0. The van der Waals surface area contributed by atoms with Crippen molar-refractivity contribution in [1.82, 2.24) is 9.66 Å². The summed E-state index contributed by atoms with van der Waals surface area (Å²) in [4.78, 5) is 27.1. The number of aromatic amines is 1. The first-order chi connectivity index (χ1) is 10.5. The lowest BCUT2D eigenvalue weighted by Crippen LogP contribution is -2.37. The van der Waals surface area contributed by atoms with Gasteiger partial charge in [-0.2, -0.15) is 9.78 Å². The van der Waals surface area contributed by atoms with Crippen molar-refractivity contribution in [3.8, 4) is 0 Å². The van der Waals surface area contributed by atoms with Crippen LogP contribution in [0.5, 0.6) is 0 Å². The van der Waals surface area contributed by atoms with Crippen molar-refractivity contribution >= 4 is 11.7 Å². The molecule has 2 aromatic rings.